The van der Waals surface area contributed by atoms with E-state index in [1.54, 1.807) is 0 Å². The first-order chi connectivity index (χ1) is 15.3. The molecule has 0 fully saturated rings. The maximum absolute atomic E-state index is 14.9. The number of rotatable bonds is 0. The second kappa shape index (κ2) is 11.4. The smallest absolute Gasteiger partial charge is 0.269 e. The van der Waals surface area contributed by atoms with E-state index in [2.05, 4.69) is 0 Å². The van der Waals surface area contributed by atoms with E-state index in [1.165, 1.54) is 0 Å². The van der Waals surface area contributed by atoms with Gasteiger partial charge in [0.05, 0.1) is 33.4 Å². The van der Waals surface area contributed by atoms with Gasteiger partial charge in [0.25, 0.3) is 0 Å². The normalized spacial score (nSPS) is 18.0. The summed E-state index contributed by atoms with van der Waals surface area (Å²) in [6.07, 6.45) is 0. The number of alkyl halides is 8. The molecule has 0 saturated carbocycles. The average Bonchev–Trinajstić information content (AvgIpc) is 2.70. The molecule has 0 aliphatic heterocycles. The quantitative estimate of drug-likeness (QED) is 0.116. The zero-order valence-electron chi connectivity index (χ0n) is 17.7. The second-order valence-corrected chi connectivity index (χ2v) is 7.06. The molecule has 40 heavy (non-hydrogen) atoms. The van der Waals surface area contributed by atoms with Gasteiger partial charge in [-0.05, 0) is 0 Å². The van der Waals surface area contributed by atoms with E-state index in [4.69, 9.17) is 0 Å². The third-order valence-electron chi connectivity index (χ3n) is 5.30. The molecule has 0 heterocycles. The Morgan fingerprint density at radius 1 is 0.275 bits per heavy atom. The first-order valence-corrected chi connectivity index (χ1v) is 8.27. The lowest BCUT2D eigenvalue weighted by atomic mass is 9.68. The highest BCUT2D eigenvalue weighted by Crippen LogP contribution is 2.68. The number of benzene rings is 2. The molecule has 0 spiro atoms. The predicted molar refractivity (Wildman–Crippen MR) is 106 cm³/mol. The Kier molecular flexibility index (Phi) is 12.0. The van der Waals surface area contributed by atoms with Crippen molar-refractivity contribution in [2.24, 2.45) is 0 Å². The minimum absolute atomic E-state index is 0. The van der Waals surface area contributed by atoms with Gasteiger partial charge in [-0.1, -0.05) is 0 Å². The minimum atomic E-state index is -6.27. The van der Waals surface area contributed by atoms with E-state index in [1.807, 2.05) is 0 Å². The standard InChI is InChI=1S/C18F16.4FH.2H2S/c19-5-1-2(6(20)10(24)9(5)23)16(29,30)14-13(15(1,27)28)17(31,32)3-4(18(14,33)34)8(22)12(26)11(25)7(3)21;;;;;;/h;4*1H;2*1H2. The lowest BCUT2D eigenvalue weighted by Gasteiger charge is -2.44. The predicted octanol–water partition coefficient (Wildman–Crippen LogP) is 8.03. The van der Waals surface area contributed by atoms with Gasteiger partial charge in [-0.15, -0.1) is 0 Å². The zero-order valence-corrected chi connectivity index (χ0v) is 19.7. The van der Waals surface area contributed by atoms with Crippen LogP contribution in [0, 0.1) is 46.5 Å². The number of allylic oxidation sites excluding steroid dienone is 2. The van der Waals surface area contributed by atoms with Crippen molar-refractivity contribution < 1.29 is 89.1 Å². The molecular formula is C18H8F20S2. The molecule has 232 valence electrons. The molecule has 2 aliphatic rings. The Morgan fingerprint density at radius 2 is 0.400 bits per heavy atom. The molecule has 0 nitrogen and oxygen atoms in total. The van der Waals surface area contributed by atoms with E-state index >= 15 is 0 Å². The first kappa shape index (κ1) is 42.0. The Labute approximate surface area is 220 Å². The van der Waals surface area contributed by atoms with Crippen molar-refractivity contribution in [2.45, 2.75) is 23.7 Å². The lowest BCUT2D eigenvalue weighted by molar-refractivity contribution is -0.124. The largest absolute Gasteiger partial charge is 0.304 e. The van der Waals surface area contributed by atoms with Crippen LogP contribution in [0.4, 0.5) is 89.1 Å². The fourth-order valence-corrected chi connectivity index (χ4v) is 3.96. The van der Waals surface area contributed by atoms with Gasteiger partial charge in [0.1, 0.15) is 0 Å². The molecule has 22 heteroatoms. The highest BCUT2D eigenvalue weighted by molar-refractivity contribution is 7.59. The van der Waals surface area contributed by atoms with Crippen molar-refractivity contribution in [3.8, 4) is 0 Å². The van der Waals surface area contributed by atoms with Gasteiger partial charge < -0.3 is 0 Å². The van der Waals surface area contributed by atoms with E-state index in [0.717, 1.165) is 0 Å². The molecule has 2 aliphatic carbocycles. The van der Waals surface area contributed by atoms with E-state index < -0.39 is 104 Å². The van der Waals surface area contributed by atoms with Gasteiger partial charge in [-0.2, -0.15) is 62.1 Å². The van der Waals surface area contributed by atoms with Crippen molar-refractivity contribution in [3.05, 3.63) is 79.9 Å². The van der Waals surface area contributed by atoms with Gasteiger partial charge in [0.2, 0.25) is 0 Å². The summed E-state index contributed by atoms with van der Waals surface area (Å²) in [6.45, 7) is 0. The molecule has 0 amide bonds. The van der Waals surface area contributed by atoms with Gasteiger partial charge in [0.15, 0.2) is 46.5 Å². The molecule has 0 unspecified atom stereocenters. The Hall–Kier alpha value is -2.52. The Bertz CT molecular complexity index is 1150. The van der Waals surface area contributed by atoms with Crippen LogP contribution in [-0.2, 0) is 23.7 Å². The van der Waals surface area contributed by atoms with E-state index in [0.29, 0.717) is 0 Å². The fraction of sp³-hybridized carbons (Fsp3) is 0.222. The van der Waals surface area contributed by atoms with Crippen molar-refractivity contribution in [1.29, 1.82) is 0 Å². The van der Waals surface area contributed by atoms with Crippen molar-refractivity contribution in [2.75, 3.05) is 0 Å². The van der Waals surface area contributed by atoms with Crippen LogP contribution in [0.3, 0.4) is 0 Å². The highest BCUT2D eigenvalue weighted by Gasteiger charge is 2.74. The second-order valence-electron chi connectivity index (χ2n) is 7.06. The zero-order chi connectivity index (χ0) is 26.1. The van der Waals surface area contributed by atoms with Crippen LogP contribution in [0.25, 0.3) is 0 Å². The van der Waals surface area contributed by atoms with Gasteiger partial charge in [0, 0.05) is 0 Å². The van der Waals surface area contributed by atoms with Crippen LogP contribution in [-0.4, -0.2) is 0 Å². The van der Waals surface area contributed by atoms with Gasteiger partial charge >= 0.3 is 23.7 Å². The van der Waals surface area contributed by atoms with Crippen LogP contribution in [0.1, 0.15) is 22.3 Å². The van der Waals surface area contributed by atoms with Gasteiger partial charge in [-0.3, -0.25) is 18.8 Å². The number of halogens is 20. The van der Waals surface area contributed by atoms with E-state index in [9.17, 15) is 70.2 Å². The third-order valence-corrected chi connectivity index (χ3v) is 5.30. The van der Waals surface area contributed by atoms with Crippen LogP contribution in [0.5, 0.6) is 0 Å². The molecule has 0 radical (unpaired) electrons. The Morgan fingerprint density at radius 3 is 0.525 bits per heavy atom. The molecule has 2 aromatic rings. The summed E-state index contributed by atoms with van der Waals surface area (Å²) in [6, 6.07) is 0. The summed E-state index contributed by atoms with van der Waals surface area (Å²) < 4.78 is 229. The minimum Gasteiger partial charge on any atom is -0.269 e. The number of hydrogen-bond acceptors (Lipinski definition) is 0. The fourth-order valence-electron chi connectivity index (χ4n) is 3.96. The molecule has 0 saturated heterocycles. The van der Waals surface area contributed by atoms with Crippen LogP contribution in [0.15, 0.2) is 11.1 Å². The first-order valence-electron chi connectivity index (χ1n) is 8.27. The maximum Gasteiger partial charge on any atom is 0.304 e. The van der Waals surface area contributed by atoms with Crippen molar-refractivity contribution in [3.63, 3.8) is 0 Å². The highest BCUT2D eigenvalue weighted by atomic mass is 32.1. The van der Waals surface area contributed by atoms with Crippen LogP contribution in [0.2, 0.25) is 0 Å². The average molecular weight is 668 g/mol. The monoisotopic (exact) mass is 668 g/mol. The molecule has 0 bridgehead atoms. The molecule has 4 rings (SSSR count). The number of fused-ring (bicyclic) bond motifs is 2. The molecule has 0 N–H and O–H groups in total. The SMILES string of the molecule is F.F.F.F.Fc1c(F)c(F)c2c(c1F)C(F)(F)C1=C(C2(F)F)C(F)(F)c2c(F)c(F)c(F)c(F)c2C1(F)F.S.S. The molecular weight excluding hydrogens is 660 g/mol. The Balaban J connectivity index is -0.00000228. The third kappa shape index (κ3) is 4.44. The summed E-state index contributed by atoms with van der Waals surface area (Å²) in [5.41, 5.74) is -21.2. The molecule has 2 aromatic carbocycles. The van der Waals surface area contributed by atoms with E-state index in [-0.39, 0.29) is 45.8 Å². The summed E-state index contributed by atoms with van der Waals surface area (Å²) in [7, 11) is 0. The number of hydrogen-bond donors (Lipinski definition) is 0. The van der Waals surface area contributed by atoms with Crippen LogP contribution < -0.4 is 0 Å². The van der Waals surface area contributed by atoms with Crippen LogP contribution >= 0.6 is 27.0 Å². The topological polar surface area (TPSA) is 0 Å². The van der Waals surface area contributed by atoms with Gasteiger partial charge in [-0.25, -0.2) is 35.1 Å². The lowest BCUT2D eigenvalue weighted by Crippen LogP contribution is -2.50. The summed E-state index contributed by atoms with van der Waals surface area (Å²) in [4.78, 5) is 0. The molecule has 0 aromatic heterocycles. The van der Waals surface area contributed by atoms with Crippen molar-refractivity contribution >= 4 is 27.0 Å². The molecule has 0 atom stereocenters. The summed E-state index contributed by atoms with van der Waals surface area (Å²) in [5.74, 6) is -51.6. The summed E-state index contributed by atoms with van der Waals surface area (Å²) in [5, 5.41) is 0. The van der Waals surface area contributed by atoms with Crippen molar-refractivity contribution in [1.82, 2.24) is 0 Å². The summed E-state index contributed by atoms with van der Waals surface area (Å²) >= 11 is 0. The maximum atomic E-state index is 14.9.